The van der Waals surface area contributed by atoms with E-state index >= 15 is 0 Å². The fraction of sp³-hybridized carbons (Fsp3) is 0.667. The Bertz CT molecular complexity index is 387. The topological polar surface area (TPSA) is 47.0 Å². The third-order valence-corrected chi connectivity index (χ3v) is 4.13. The van der Waals surface area contributed by atoms with E-state index in [0.717, 1.165) is 0 Å². The average molecular weight is 221 g/mol. The average Bonchev–Trinajstić information content (AvgIpc) is 2.61. The summed E-state index contributed by atoms with van der Waals surface area (Å²) in [5.74, 6) is 1.23. The van der Waals surface area contributed by atoms with Crippen molar-refractivity contribution in [3.05, 3.63) is 12.3 Å². The second-order valence-corrected chi connectivity index (χ2v) is 5.44. The first kappa shape index (κ1) is 11.2. The SMILES string of the molecule is COc1ccnc(NC2C(C)(C)C2(C)C)n1. The van der Waals surface area contributed by atoms with Gasteiger partial charge in [0, 0.05) is 18.3 Å². The summed E-state index contributed by atoms with van der Waals surface area (Å²) in [6.45, 7) is 9.02. The van der Waals surface area contributed by atoms with Crippen molar-refractivity contribution < 1.29 is 4.74 Å². The Balaban J connectivity index is 2.12. The molecule has 0 atom stereocenters. The summed E-state index contributed by atoms with van der Waals surface area (Å²) >= 11 is 0. The van der Waals surface area contributed by atoms with E-state index in [2.05, 4.69) is 43.0 Å². The largest absolute Gasteiger partial charge is 0.481 e. The Morgan fingerprint density at radius 3 is 2.38 bits per heavy atom. The predicted octanol–water partition coefficient (Wildman–Crippen LogP) is 2.33. The Kier molecular flexibility index (Phi) is 2.33. The smallest absolute Gasteiger partial charge is 0.226 e. The number of aromatic nitrogens is 2. The van der Waals surface area contributed by atoms with Crippen LogP contribution >= 0.6 is 0 Å². The van der Waals surface area contributed by atoms with Gasteiger partial charge >= 0.3 is 0 Å². The van der Waals surface area contributed by atoms with Gasteiger partial charge in [-0.25, -0.2) is 4.98 Å². The first-order valence-electron chi connectivity index (χ1n) is 5.53. The van der Waals surface area contributed by atoms with Crippen molar-refractivity contribution in [1.29, 1.82) is 0 Å². The normalized spacial score (nSPS) is 21.6. The Hall–Kier alpha value is -1.32. The fourth-order valence-electron chi connectivity index (χ4n) is 2.21. The molecule has 1 N–H and O–H groups in total. The molecular weight excluding hydrogens is 202 g/mol. The number of ether oxygens (including phenoxy) is 1. The van der Waals surface area contributed by atoms with Crippen molar-refractivity contribution in [2.45, 2.75) is 33.7 Å². The molecule has 2 rings (SSSR count). The van der Waals surface area contributed by atoms with Crippen LogP contribution in [0.3, 0.4) is 0 Å². The van der Waals surface area contributed by atoms with Crippen LogP contribution in [0, 0.1) is 10.8 Å². The van der Waals surface area contributed by atoms with Crippen molar-refractivity contribution in [1.82, 2.24) is 9.97 Å². The minimum absolute atomic E-state index is 0.277. The lowest BCUT2D eigenvalue weighted by Crippen LogP contribution is -2.12. The number of anilines is 1. The van der Waals surface area contributed by atoms with Crippen molar-refractivity contribution in [3.63, 3.8) is 0 Å². The van der Waals surface area contributed by atoms with Crippen LogP contribution in [0.4, 0.5) is 5.95 Å². The van der Waals surface area contributed by atoms with Crippen LogP contribution in [-0.2, 0) is 0 Å². The van der Waals surface area contributed by atoms with E-state index in [-0.39, 0.29) is 10.8 Å². The highest BCUT2D eigenvalue weighted by Crippen LogP contribution is 2.63. The molecule has 1 fully saturated rings. The Morgan fingerprint density at radius 2 is 1.88 bits per heavy atom. The highest BCUT2D eigenvalue weighted by molar-refractivity contribution is 5.37. The summed E-state index contributed by atoms with van der Waals surface area (Å²) in [7, 11) is 1.61. The molecule has 16 heavy (non-hydrogen) atoms. The van der Waals surface area contributed by atoms with Gasteiger partial charge < -0.3 is 10.1 Å². The number of hydrogen-bond donors (Lipinski definition) is 1. The molecule has 1 heterocycles. The lowest BCUT2D eigenvalue weighted by molar-refractivity contribution is 0.397. The third-order valence-electron chi connectivity index (χ3n) is 4.13. The van der Waals surface area contributed by atoms with Gasteiger partial charge in [-0.3, -0.25) is 0 Å². The van der Waals surface area contributed by atoms with Gasteiger partial charge in [-0.15, -0.1) is 0 Å². The maximum absolute atomic E-state index is 5.07. The molecule has 4 heteroatoms. The van der Waals surface area contributed by atoms with E-state index in [9.17, 15) is 0 Å². The lowest BCUT2D eigenvalue weighted by Gasteiger charge is -2.07. The molecule has 0 unspecified atom stereocenters. The van der Waals surface area contributed by atoms with Crippen LogP contribution in [-0.4, -0.2) is 23.1 Å². The van der Waals surface area contributed by atoms with Gasteiger partial charge in [0.25, 0.3) is 0 Å². The molecule has 0 aliphatic heterocycles. The van der Waals surface area contributed by atoms with Crippen LogP contribution in [0.15, 0.2) is 12.3 Å². The monoisotopic (exact) mass is 221 g/mol. The summed E-state index contributed by atoms with van der Waals surface area (Å²) in [5, 5.41) is 3.37. The molecule has 0 bridgehead atoms. The number of nitrogens with zero attached hydrogens (tertiary/aromatic N) is 2. The van der Waals surface area contributed by atoms with Gasteiger partial charge in [0.1, 0.15) is 0 Å². The lowest BCUT2D eigenvalue weighted by atomic mass is 10.0. The Morgan fingerprint density at radius 1 is 1.25 bits per heavy atom. The van der Waals surface area contributed by atoms with E-state index in [1.165, 1.54) is 0 Å². The van der Waals surface area contributed by atoms with Crippen molar-refractivity contribution in [3.8, 4) is 5.88 Å². The van der Waals surface area contributed by atoms with Crippen LogP contribution in [0.2, 0.25) is 0 Å². The summed E-state index contributed by atoms with van der Waals surface area (Å²) in [5.41, 5.74) is 0.554. The van der Waals surface area contributed by atoms with Crippen molar-refractivity contribution in [2.24, 2.45) is 10.8 Å². The van der Waals surface area contributed by atoms with E-state index in [1.807, 2.05) is 0 Å². The molecule has 4 nitrogen and oxygen atoms in total. The number of nitrogens with one attached hydrogen (secondary N) is 1. The van der Waals surface area contributed by atoms with Crippen LogP contribution in [0.5, 0.6) is 5.88 Å². The molecule has 1 aromatic rings. The van der Waals surface area contributed by atoms with E-state index in [1.54, 1.807) is 19.4 Å². The number of hydrogen-bond acceptors (Lipinski definition) is 4. The zero-order valence-electron chi connectivity index (χ0n) is 10.5. The van der Waals surface area contributed by atoms with Gasteiger partial charge in [0.15, 0.2) is 0 Å². The minimum Gasteiger partial charge on any atom is -0.481 e. The van der Waals surface area contributed by atoms with Crippen LogP contribution in [0.1, 0.15) is 27.7 Å². The molecule has 0 radical (unpaired) electrons. The summed E-state index contributed by atoms with van der Waals surface area (Å²) in [4.78, 5) is 8.45. The zero-order valence-corrected chi connectivity index (χ0v) is 10.5. The zero-order chi connectivity index (χ0) is 12.0. The molecule has 0 saturated heterocycles. The highest BCUT2D eigenvalue weighted by Gasteiger charge is 2.65. The second-order valence-electron chi connectivity index (χ2n) is 5.44. The summed E-state index contributed by atoms with van der Waals surface area (Å²) in [6.07, 6.45) is 1.70. The highest BCUT2D eigenvalue weighted by atomic mass is 16.5. The van der Waals surface area contributed by atoms with E-state index in [4.69, 9.17) is 4.74 Å². The quantitative estimate of drug-likeness (QED) is 0.851. The third kappa shape index (κ3) is 1.52. The van der Waals surface area contributed by atoms with Gasteiger partial charge in [-0.2, -0.15) is 4.98 Å². The first-order chi connectivity index (χ1) is 7.39. The minimum atomic E-state index is 0.277. The summed E-state index contributed by atoms with van der Waals surface area (Å²) in [6, 6.07) is 2.15. The van der Waals surface area contributed by atoms with Gasteiger partial charge in [0.05, 0.1) is 7.11 Å². The maximum Gasteiger partial charge on any atom is 0.226 e. The van der Waals surface area contributed by atoms with Gasteiger partial charge in [-0.05, 0) is 10.8 Å². The molecule has 1 aliphatic carbocycles. The molecule has 0 spiro atoms. The van der Waals surface area contributed by atoms with Crippen molar-refractivity contribution >= 4 is 5.95 Å². The second kappa shape index (κ2) is 3.34. The standard InChI is InChI=1S/C12H19N3O/c1-11(2)9(12(11,3)4)15-10-13-7-6-8(14-10)16-5/h6-7,9H,1-5H3,(H,13,14,15). The van der Waals surface area contributed by atoms with Crippen LogP contribution < -0.4 is 10.1 Å². The number of rotatable bonds is 3. The molecule has 88 valence electrons. The number of methoxy groups -OCH3 is 1. The molecule has 1 aliphatic rings. The predicted molar refractivity (Wildman–Crippen MR) is 63.6 cm³/mol. The first-order valence-corrected chi connectivity index (χ1v) is 5.53. The Labute approximate surface area is 96.4 Å². The van der Waals surface area contributed by atoms with Gasteiger partial charge in [0.2, 0.25) is 11.8 Å². The van der Waals surface area contributed by atoms with Crippen molar-refractivity contribution in [2.75, 3.05) is 12.4 Å². The molecule has 0 amide bonds. The molecular formula is C12H19N3O. The molecule has 1 aromatic heterocycles. The van der Waals surface area contributed by atoms with Gasteiger partial charge in [-0.1, -0.05) is 27.7 Å². The van der Waals surface area contributed by atoms with E-state index in [0.29, 0.717) is 17.9 Å². The summed E-state index contributed by atoms with van der Waals surface area (Å²) < 4.78 is 5.07. The fourth-order valence-corrected chi connectivity index (χ4v) is 2.21. The van der Waals surface area contributed by atoms with Crippen LogP contribution in [0.25, 0.3) is 0 Å². The maximum atomic E-state index is 5.07. The molecule has 0 aromatic carbocycles. The molecule has 1 saturated carbocycles. The van der Waals surface area contributed by atoms with E-state index < -0.39 is 0 Å².